The van der Waals surface area contributed by atoms with Crippen molar-refractivity contribution in [3.05, 3.63) is 41.8 Å². The quantitative estimate of drug-likeness (QED) is 0.847. The average molecular weight is 389 g/mol. The second-order valence-electron chi connectivity index (χ2n) is 8.25. The van der Waals surface area contributed by atoms with Crippen LogP contribution < -0.4 is 5.32 Å². The molecular weight excluding hydrogens is 361 g/mol. The molecule has 0 aliphatic carbocycles. The summed E-state index contributed by atoms with van der Waals surface area (Å²) in [4.78, 5) is 21.3. The van der Waals surface area contributed by atoms with Crippen LogP contribution >= 0.6 is 0 Å². The number of amides is 1. The molecule has 28 heavy (non-hydrogen) atoms. The summed E-state index contributed by atoms with van der Waals surface area (Å²) >= 11 is 0. The molecule has 1 amide bonds. The zero-order chi connectivity index (χ0) is 20.3. The molecule has 1 fully saturated rings. The Hall–Kier alpha value is -2.32. The van der Waals surface area contributed by atoms with E-state index in [1.54, 1.807) is 12.1 Å². The average Bonchev–Trinajstić information content (AvgIpc) is 3.11. The van der Waals surface area contributed by atoms with E-state index in [1.807, 2.05) is 27.7 Å². The fourth-order valence-electron chi connectivity index (χ4n) is 3.11. The summed E-state index contributed by atoms with van der Waals surface area (Å²) in [5.41, 5.74) is 0.316. The van der Waals surface area contributed by atoms with Gasteiger partial charge in [-0.05, 0) is 25.1 Å². The molecule has 1 aromatic heterocycles. The van der Waals surface area contributed by atoms with Crippen LogP contribution in [0.3, 0.4) is 0 Å². The maximum absolute atomic E-state index is 13.3. The van der Waals surface area contributed by atoms with Crippen LogP contribution in [0.5, 0.6) is 0 Å². The summed E-state index contributed by atoms with van der Waals surface area (Å²) in [6, 6.07) is 5.65. The van der Waals surface area contributed by atoms with E-state index in [0.29, 0.717) is 23.9 Å². The molecule has 1 saturated heterocycles. The summed E-state index contributed by atoms with van der Waals surface area (Å²) < 4.78 is 18.6. The molecule has 7 nitrogen and oxygen atoms in total. The predicted octanol–water partition coefficient (Wildman–Crippen LogP) is 2.65. The van der Waals surface area contributed by atoms with Crippen LogP contribution in [0.2, 0.25) is 0 Å². The zero-order valence-electron chi connectivity index (χ0n) is 16.9. The number of nitrogens with zero attached hydrogens (tertiary/aromatic N) is 4. The molecule has 8 heteroatoms. The molecular formula is C20H28FN5O2. The van der Waals surface area contributed by atoms with Crippen LogP contribution in [-0.2, 0) is 16.8 Å². The van der Waals surface area contributed by atoms with E-state index in [-0.39, 0.29) is 23.2 Å². The van der Waals surface area contributed by atoms with Crippen molar-refractivity contribution in [2.24, 2.45) is 0 Å². The second kappa shape index (κ2) is 8.36. The minimum absolute atomic E-state index is 0.132. The lowest BCUT2D eigenvalue weighted by atomic mass is 9.97. The van der Waals surface area contributed by atoms with Gasteiger partial charge >= 0.3 is 0 Å². The lowest BCUT2D eigenvalue weighted by Gasteiger charge is -2.36. The number of nitrogens with one attached hydrogen (secondary N) is 1. The molecule has 0 unspecified atom stereocenters. The maximum atomic E-state index is 13.3. The zero-order valence-corrected chi connectivity index (χ0v) is 16.9. The number of benzene rings is 1. The molecule has 0 radical (unpaired) electrons. The van der Waals surface area contributed by atoms with Gasteiger partial charge in [0.05, 0.1) is 12.6 Å². The third-order valence-corrected chi connectivity index (χ3v) is 4.90. The number of hydrogen-bond donors (Lipinski definition) is 1. The molecule has 1 aromatic carbocycles. The topological polar surface area (TPSA) is 74.5 Å². The van der Waals surface area contributed by atoms with Gasteiger partial charge in [0.15, 0.2) is 5.82 Å². The highest BCUT2D eigenvalue weighted by atomic mass is 19.1. The Balaban J connectivity index is 1.49. The fraction of sp³-hybridized carbons (Fsp3) is 0.550. The highest BCUT2D eigenvalue weighted by molar-refractivity contribution is 5.94. The van der Waals surface area contributed by atoms with Crippen molar-refractivity contribution in [3.63, 3.8) is 0 Å². The minimum atomic E-state index is -0.366. The Morgan fingerprint density at radius 1 is 1.29 bits per heavy atom. The van der Waals surface area contributed by atoms with E-state index >= 15 is 0 Å². The Morgan fingerprint density at radius 3 is 2.61 bits per heavy atom. The first kappa shape index (κ1) is 20.4. The first-order chi connectivity index (χ1) is 13.2. The Morgan fingerprint density at radius 2 is 2.00 bits per heavy atom. The van der Waals surface area contributed by atoms with Crippen LogP contribution in [0, 0.1) is 5.82 Å². The first-order valence-corrected chi connectivity index (χ1v) is 9.58. The monoisotopic (exact) mass is 389 g/mol. The molecule has 1 N–H and O–H groups in total. The van der Waals surface area contributed by atoms with Gasteiger partial charge in [0.25, 0.3) is 0 Å². The van der Waals surface area contributed by atoms with Gasteiger partial charge in [0, 0.05) is 37.3 Å². The molecule has 1 aliphatic rings. The lowest BCUT2D eigenvalue weighted by Crippen LogP contribution is -2.52. The number of carbonyl (C=O) groups excluding carboxylic acids is 1. The number of hydrogen-bond acceptors (Lipinski definition) is 6. The third-order valence-electron chi connectivity index (χ3n) is 4.90. The summed E-state index contributed by atoms with van der Waals surface area (Å²) in [5.74, 6) is 0.834. The van der Waals surface area contributed by atoms with Crippen molar-refractivity contribution >= 4 is 11.6 Å². The molecule has 2 aromatic rings. The van der Waals surface area contributed by atoms with Gasteiger partial charge in [-0.2, -0.15) is 4.98 Å². The van der Waals surface area contributed by atoms with Gasteiger partial charge in [-0.1, -0.05) is 32.0 Å². The van der Waals surface area contributed by atoms with Crippen LogP contribution in [0.15, 0.2) is 28.8 Å². The Bertz CT molecular complexity index is 809. The number of carbonyl (C=O) groups is 1. The Labute approximate surface area is 164 Å². The standard InChI is InChI=1S/C20H28FN5O2/c1-14(18(27)22-16-7-5-6-15(21)12-16)26-10-8-25(9-11-26)13-17-23-19(28-24-17)20(2,3)4/h5-7,12,14H,8-11,13H2,1-4H3,(H,22,27)/t14-/m0/s1. The molecule has 0 spiro atoms. The SMILES string of the molecule is C[C@@H](C(=O)Nc1cccc(F)c1)N1CCN(Cc2noc(C(C)(C)C)n2)CC1. The van der Waals surface area contributed by atoms with Gasteiger partial charge in [-0.25, -0.2) is 4.39 Å². The highest BCUT2D eigenvalue weighted by Crippen LogP contribution is 2.20. The van der Waals surface area contributed by atoms with Gasteiger partial charge in [0.1, 0.15) is 5.82 Å². The minimum Gasteiger partial charge on any atom is -0.339 e. The normalized spacial score (nSPS) is 17.5. The molecule has 1 aliphatic heterocycles. The van der Waals surface area contributed by atoms with Crippen molar-refractivity contribution in [2.45, 2.75) is 45.7 Å². The van der Waals surface area contributed by atoms with Crippen LogP contribution in [0.25, 0.3) is 0 Å². The number of piperazine rings is 1. The summed E-state index contributed by atoms with van der Waals surface area (Å²) in [5, 5.41) is 6.86. The predicted molar refractivity (Wildman–Crippen MR) is 104 cm³/mol. The van der Waals surface area contributed by atoms with E-state index in [9.17, 15) is 9.18 Å². The summed E-state index contributed by atoms with van der Waals surface area (Å²) in [7, 11) is 0. The van der Waals surface area contributed by atoms with Crippen LogP contribution in [-0.4, -0.2) is 58.1 Å². The van der Waals surface area contributed by atoms with E-state index in [2.05, 4.69) is 25.3 Å². The van der Waals surface area contributed by atoms with Crippen molar-refractivity contribution in [3.8, 4) is 0 Å². The van der Waals surface area contributed by atoms with E-state index in [4.69, 9.17) is 4.52 Å². The fourth-order valence-corrected chi connectivity index (χ4v) is 3.11. The summed E-state index contributed by atoms with van der Waals surface area (Å²) in [6.07, 6.45) is 0. The number of aromatic nitrogens is 2. The largest absolute Gasteiger partial charge is 0.339 e. The van der Waals surface area contributed by atoms with Crippen LogP contribution in [0.1, 0.15) is 39.4 Å². The molecule has 1 atom stereocenters. The van der Waals surface area contributed by atoms with Gasteiger partial charge in [-0.15, -0.1) is 0 Å². The molecule has 3 rings (SSSR count). The van der Waals surface area contributed by atoms with E-state index in [1.165, 1.54) is 12.1 Å². The third kappa shape index (κ3) is 5.14. The Kier molecular flexibility index (Phi) is 6.10. The number of halogens is 1. The smallest absolute Gasteiger partial charge is 0.241 e. The molecule has 2 heterocycles. The van der Waals surface area contributed by atoms with Gasteiger partial charge < -0.3 is 9.84 Å². The van der Waals surface area contributed by atoms with Gasteiger partial charge in [-0.3, -0.25) is 14.6 Å². The van der Waals surface area contributed by atoms with E-state index in [0.717, 1.165) is 26.2 Å². The second-order valence-corrected chi connectivity index (χ2v) is 8.25. The molecule has 152 valence electrons. The lowest BCUT2D eigenvalue weighted by molar-refractivity contribution is -0.121. The van der Waals surface area contributed by atoms with Crippen molar-refractivity contribution in [2.75, 3.05) is 31.5 Å². The first-order valence-electron chi connectivity index (χ1n) is 9.58. The summed E-state index contributed by atoms with van der Waals surface area (Å²) in [6.45, 7) is 11.8. The van der Waals surface area contributed by atoms with Crippen molar-refractivity contribution in [1.82, 2.24) is 19.9 Å². The number of anilines is 1. The van der Waals surface area contributed by atoms with Gasteiger partial charge in [0.2, 0.25) is 11.8 Å². The maximum Gasteiger partial charge on any atom is 0.241 e. The molecule has 0 saturated carbocycles. The highest BCUT2D eigenvalue weighted by Gasteiger charge is 2.27. The molecule has 0 bridgehead atoms. The van der Waals surface area contributed by atoms with Crippen LogP contribution in [0.4, 0.5) is 10.1 Å². The van der Waals surface area contributed by atoms with E-state index < -0.39 is 0 Å². The van der Waals surface area contributed by atoms with Crippen molar-refractivity contribution in [1.29, 1.82) is 0 Å². The van der Waals surface area contributed by atoms with Crippen molar-refractivity contribution < 1.29 is 13.7 Å². The number of rotatable bonds is 5.